The van der Waals surface area contributed by atoms with E-state index in [1.807, 2.05) is 0 Å². The monoisotopic (exact) mass is 329 g/mol. The van der Waals surface area contributed by atoms with Gasteiger partial charge in [-0.15, -0.1) is 0 Å². The number of amides is 3. The topological polar surface area (TPSA) is 70.2 Å². The van der Waals surface area contributed by atoms with Gasteiger partial charge in [0.25, 0.3) is 5.91 Å². The molecular formula is C17H16ClN3O2. The van der Waals surface area contributed by atoms with Gasteiger partial charge in [0.2, 0.25) is 0 Å². The van der Waals surface area contributed by atoms with E-state index in [9.17, 15) is 9.59 Å². The summed E-state index contributed by atoms with van der Waals surface area (Å²) in [7, 11) is 0. The minimum absolute atomic E-state index is 0.0811. The quantitative estimate of drug-likeness (QED) is 0.796. The van der Waals surface area contributed by atoms with Gasteiger partial charge in [-0.05, 0) is 55.3 Å². The molecule has 1 fully saturated rings. The predicted octanol–water partition coefficient (Wildman–Crippen LogP) is 3.88. The molecule has 3 amide bonds. The van der Waals surface area contributed by atoms with Crippen molar-refractivity contribution in [3.63, 3.8) is 0 Å². The lowest BCUT2D eigenvalue weighted by Crippen LogP contribution is -2.25. The molecule has 0 unspecified atom stereocenters. The fraction of sp³-hybridized carbons (Fsp3) is 0.176. The van der Waals surface area contributed by atoms with Crippen LogP contribution in [0.2, 0.25) is 5.02 Å². The molecular weight excluding hydrogens is 314 g/mol. The number of rotatable bonds is 4. The molecule has 1 saturated carbocycles. The average molecular weight is 330 g/mol. The molecule has 6 heteroatoms. The Morgan fingerprint density at radius 2 is 1.65 bits per heavy atom. The van der Waals surface area contributed by atoms with Crippen LogP contribution in [0, 0.1) is 0 Å². The summed E-state index contributed by atoms with van der Waals surface area (Å²) in [6.45, 7) is 0. The summed E-state index contributed by atoms with van der Waals surface area (Å²) in [4.78, 5) is 23.8. The zero-order valence-corrected chi connectivity index (χ0v) is 13.1. The highest BCUT2D eigenvalue weighted by atomic mass is 35.5. The van der Waals surface area contributed by atoms with Crippen LogP contribution in [0.15, 0.2) is 48.5 Å². The van der Waals surface area contributed by atoms with Crippen LogP contribution in [0.4, 0.5) is 16.2 Å². The first-order valence-electron chi connectivity index (χ1n) is 7.35. The van der Waals surface area contributed by atoms with Gasteiger partial charge in [0.15, 0.2) is 0 Å². The number of hydrogen-bond donors (Lipinski definition) is 3. The Labute approximate surface area is 139 Å². The maximum Gasteiger partial charge on any atom is 0.323 e. The van der Waals surface area contributed by atoms with Gasteiger partial charge in [-0.25, -0.2) is 4.79 Å². The van der Waals surface area contributed by atoms with E-state index in [-0.39, 0.29) is 11.9 Å². The van der Waals surface area contributed by atoms with Crippen LogP contribution >= 0.6 is 11.6 Å². The third-order valence-electron chi connectivity index (χ3n) is 3.40. The second-order valence-corrected chi connectivity index (χ2v) is 5.85. The van der Waals surface area contributed by atoms with Crippen molar-refractivity contribution in [2.75, 3.05) is 10.6 Å². The fourth-order valence-electron chi connectivity index (χ4n) is 2.06. The SMILES string of the molecule is O=C(Nc1ccc(C(=O)NC2CC2)cc1)Nc1cccc(Cl)c1. The Morgan fingerprint density at radius 1 is 0.957 bits per heavy atom. The van der Waals surface area contributed by atoms with Gasteiger partial charge in [-0.2, -0.15) is 0 Å². The molecule has 0 bridgehead atoms. The molecule has 23 heavy (non-hydrogen) atoms. The summed E-state index contributed by atoms with van der Waals surface area (Å²) in [5, 5.41) is 8.86. The second-order valence-electron chi connectivity index (χ2n) is 5.41. The first kappa shape index (κ1) is 15.4. The Morgan fingerprint density at radius 3 is 2.30 bits per heavy atom. The van der Waals surface area contributed by atoms with E-state index >= 15 is 0 Å². The molecule has 1 aliphatic rings. The number of nitrogens with one attached hydrogen (secondary N) is 3. The van der Waals surface area contributed by atoms with Gasteiger partial charge in [0.05, 0.1) is 0 Å². The Kier molecular flexibility index (Phi) is 4.48. The first-order chi connectivity index (χ1) is 11.1. The van der Waals surface area contributed by atoms with Crippen LogP contribution in [-0.4, -0.2) is 18.0 Å². The summed E-state index contributed by atoms with van der Waals surface area (Å²) in [6.07, 6.45) is 2.10. The predicted molar refractivity (Wildman–Crippen MR) is 91.0 cm³/mol. The molecule has 3 rings (SSSR count). The summed E-state index contributed by atoms with van der Waals surface area (Å²) < 4.78 is 0. The molecule has 0 aromatic heterocycles. The molecule has 5 nitrogen and oxygen atoms in total. The molecule has 118 valence electrons. The minimum atomic E-state index is -0.373. The van der Waals surface area contributed by atoms with Gasteiger partial charge in [0.1, 0.15) is 0 Å². The number of hydrogen-bond acceptors (Lipinski definition) is 2. The van der Waals surface area contributed by atoms with Crippen molar-refractivity contribution in [1.29, 1.82) is 0 Å². The van der Waals surface area contributed by atoms with Crippen molar-refractivity contribution in [3.05, 3.63) is 59.1 Å². The van der Waals surface area contributed by atoms with E-state index < -0.39 is 0 Å². The van der Waals surface area contributed by atoms with E-state index in [1.54, 1.807) is 48.5 Å². The normalized spacial score (nSPS) is 13.3. The Bertz CT molecular complexity index is 727. The van der Waals surface area contributed by atoms with Crippen LogP contribution in [0.5, 0.6) is 0 Å². The largest absolute Gasteiger partial charge is 0.349 e. The molecule has 0 spiro atoms. The molecule has 3 N–H and O–H groups in total. The minimum Gasteiger partial charge on any atom is -0.349 e. The maximum absolute atomic E-state index is 11.9. The molecule has 0 atom stereocenters. The van der Waals surface area contributed by atoms with Gasteiger partial charge >= 0.3 is 6.03 Å². The zero-order chi connectivity index (χ0) is 16.2. The first-order valence-corrected chi connectivity index (χ1v) is 7.72. The number of halogens is 1. The van der Waals surface area contributed by atoms with Gasteiger partial charge in [-0.1, -0.05) is 17.7 Å². The smallest absolute Gasteiger partial charge is 0.323 e. The van der Waals surface area contributed by atoms with Crippen LogP contribution in [0.3, 0.4) is 0 Å². The lowest BCUT2D eigenvalue weighted by molar-refractivity contribution is 0.0951. The molecule has 2 aromatic carbocycles. The highest BCUT2D eigenvalue weighted by Crippen LogP contribution is 2.20. The summed E-state index contributed by atoms with van der Waals surface area (Å²) in [5.41, 5.74) is 1.79. The van der Waals surface area contributed by atoms with E-state index in [4.69, 9.17) is 11.6 Å². The summed E-state index contributed by atoms with van der Waals surface area (Å²) in [5.74, 6) is -0.0811. The van der Waals surface area contributed by atoms with E-state index in [0.29, 0.717) is 28.0 Å². The second kappa shape index (κ2) is 6.71. The fourth-order valence-corrected chi connectivity index (χ4v) is 2.25. The van der Waals surface area contributed by atoms with Crippen molar-refractivity contribution in [3.8, 4) is 0 Å². The average Bonchev–Trinajstić information content (AvgIpc) is 3.31. The van der Waals surface area contributed by atoms with Crippen LogP contribution in [-0.2, 0) is 0 Å². The van der Waals surface area contributed by atoms with E-state index in [1.165, 1.54) is 0 Å². The summed E-state index contributed by atoms with van der Waals surface area (Å²) in [6, 6.07) is 13.6. The van der Waals surface area contributed by atoms with Crippen molar-refractivity contribution in [2.45, 2.75) is 18.9 Å². The lowest BCUT2D eigenvalue weighted by Gasteiger charge is -2.09. The van der Waals surface area contributed by atoms with E-state index in [0.717, 1.165) is 12.8 Å². The molecule has 0 saturated heterocycles. The maximum atomic E-state index is 11.9. The number of urea groups is 1. The van der Waals surface area contributed by atoms with Crippen LogP contribution in [0.1, 0.15) is 23.2 Å². The van der Waals surface area contributed by atoms with E-state index in [2.05, 4.69) is 16.0 Å². The van der Waals surface area contributed by atoms with Crippen molar-refractivity contribution in [2.24, 2.45) is 0 Å². The highest BCUT2D eigenvalue weighted by Gasteiger charge is 2.23. The standard InChI is InChI=1S/C17H16ClN3O2/c18-12-2-1-3-15(10-12)21-17(23)20-14-6-4-11(5-7-14)16(22)19-13-8-9-13/h1-7,10,13H,8-9H2,(H,19,22)(H2,20,21,23). The lowest BCUT2D eigenvalue weighted by atomic mass is 10.2. The highest BCUT2D eigenvalue weighted by molar-refractivity contribution is 6.30. The zero-order valence-electron chi connectivity index (χ0n) is 12.3. The van der Waals surface area contributed by atoms with Gasteiger partial charge in [0, 0.05) is 28.0 Å². The van der Waals surface area contributed by atoms with Crippen molar-refractivity contribution in [1.82, 2.24) is 5.32 Å². The third-order valence-corrected chi connectivity index (χ3v) is 3.64. The molecule has 0 radical (unpaired) electrons. The number of benzene rings is 2. The Hall–Kier alpha value is -2.53. The van der Waals surface area contributed by atoms with Crippen molar-refractivity contribution < 1.29 is 9.59 Å². The molecule has 0 aliphatic heterocycles. The summed E-state index contributed by atoms with van der Waals surface area (Å²) >= 11 is 5.87. The number of carbonyl (C=O) groups excluding carboxylic acids is 2. The van der Waals surface area contributed by atoms with Crippen LogP contribution < -0.4 is 16.0 Å². The van der Waals surface area contributed by atoms with Gasteiger partial charge in [-0.3, -0.25) is 4.79 Å². The third kappa shape index (κ3) is 4.47. The number of carbonyl (C=O) groups is 2. The molecule has 1 aliphatic carbocycles. The van der Waals surface area contributed by atoms with Crippen molar-refractivity contribution >= 4 is 34.9 Å². The number of anilines is 2. The molecule has 2 aromatic rings. The van der Waals surface area contributed by atoms with Gasteiger partial charge < -0.3 is 16.0 Å². The van der Waals surface area contributed by atoms with Crippen LogP contribution in [0.25, 0.3) is 0 Å². The molecule has 0 heterocycles. The Balaban J connectivity index is 1.56.